The van der Waals surface area contributed by atoms with Crippen molar-refractivity contribution >= 4 is 33.4 Å². The number of benzene rings is 5. The van der Waals surface area contributed by atoms with Crippen molar-refractivity contribution in [2.24, 2.45) is 0 Å². The molecular weight excluding hydrogens is 685 g/mol. The zero-order chi connectivity index (χ0) is 35.8. The Morgan fingerprint density at radius 2 is 1.51 bits per heavy atom. The molecule has 1 aliphatic rings. The van der Waals surface area contributed by atoms with E-state index in [1.165, 1.54) is 58.6 Å². The number of rotatable bonds is 14. The van der Waals surface area contributed by atoms with E-state index in [9.17, 15) is 23.3 Å². The van der Waals surface area contributed by atoms with Crippen LogP contribution in [0.4, 0.5) is 5.69 Å². The molecule has 0 N–H and O–H groups in total. The summed E-state index contributed by atoms with van der Waals surface area (Å²) < 4.78 is 41.5. The zero-order valence-corrected chi connectivity index (χ0v) is 29.8. The number of carbonyl (C=O) groups is 1. The van der Waals surface area contributed by atoms with E-state index in [2.05, 4.69) is 48.5 Å². The van der Waals surface area contributed by atoms with Gasteiger partial charge in [-0.25, -0.2) is 13.2 Å². The first kappa shape index (κ1) is 35.8. The van der Waals surface area contributed by atoms with Crippen molar-refractivity contribution in [3.8, 4) is 5.75 Å². The van der Waals surface area contributed by atoms with Crippen LogP contribution in [0.25, 0.3) is 0 Å². The molecule has 1 aliphatic heterocycles. The summed E-state index contributed by atoms with van der Waals surface area (Å²) in [5.74, 6) is 0.743. The molecule has 0 radical (unpaired) electrons. The molecule has 5 aromatic carbocycles. The molecule has 0 aliphatic carbocycles. The number of aryl methyl sites for hydroxylation is 2. The standard InChI is InChI=1S/C40H38N2O7S2/c1-48-40(43)33-21-22-34-35(24-26-50-38(34)27-33)41(51(46,47)39-14-8-6-12-36(39)42(44)45)25-23-32-11-5-7-13-37(32)49-28-31-19-17-30(18-20-31)16-15-29-9-3-2-4-10-29/h2-14,17-22,27,35H,15-16,23-26,28H2,1H3. The maximum atomic E-state index is 14.5. The SMILES string of the molecule is COC(=O)c1ccc2c(c1)SCCC2N(CCc1ccccc1OCc1ccc(CCc2ccccc2)cc1)S(=O)(=O)c1ccccc1[N+](=O)[O-]. The van der Waals surface area contributed by atoms with Gasteiger partial charge in [0.2, 0.25) is 10.0 Å². The molecule has 5 aromatic rings. The molecule has 0 fully saturated rings. The van der Waals surface area contributed by atoms with Gasteiger partial charge in [-0.05, 0) is 83.5 Å². The van der Waals surface area contributed by atoms with Crippen LogP contribution in [-0.4, -0.2) is 43.0 Å². The third-order valence-corrected chi connectivity index (χ3v) is 12.0. The normalized spacial score (nSPS) is 14.1. The molecule has 0 spiro atoms. The summed E-state index contributed by atoms with van der Waals surface area (Å²) in [6.45, 7) is 0.377. The molecule has 6 rings (SSSR count). The second-order valence-electron chi connectivity index (χ2n) is 12.2. The van der Waals surface area contributed by atoms with Crippen molar-refractivity contribution in [2.75, 3.05) is 19.4 Å². The predicted molar refractivity (Wildman–Crippen MR) is 198 cm³/mol. The van der Waals surface area contributed by atoms with Gasteiger partial charge >= 0.3 is 5.97 Å². The van der Waals surface area contributed by atoms with Crippen LogP contribution in [0.5, 0.6) is 5.75 Å². The van der Waals surface area contributed by atoms with Crippen LogP contribution >= 0.6 is 11.8 Å². The Labute approximate surface area is 302 Å². The first-order valence-corrected chi connectivity index (χ1v) is 19.1. The third kappa shape index (κ3) is 8.50. The van der Waals surface area contributed by atoms with Gasteiger partial charge in [0.15, 0.2) is 4.90 Å². The van der Waals surface area contributed by atoms with Crippen molar-refractivity contribution in [3.05, 3.63) is 165 Å². The molecule has 1 atom stereocenters. The number of fused-ring (bicyclic) bond motifs is 1. The molecule has 0 aromatic heterocycles. The monoisotopic (exact) mass is 722 g/mol. The third-order valence-electron chi connectivity index (χ3n) is 8.98. The summed E-state index contributed by atoms with van der Waals surface area (Å²) in [7, 11) is -3.06. The van der Waals surface area contributed by atoms with E-state index in [1.807, 2.05) is 30.3 Å². The molecule has 0 bridgehead atoms. The second kappa shape index (κ2) is 16.4. The van der Waals surface area contributed by atoms with E-state index in [-0.39, 0.29) is 11.4 Å². The number of carbonyl (C=O) groups excluding carboxylic acids is 1. The van der Waals surface area contributed by atoms with Gasteiger partial charge in [-0.2, -0.15) is 4.31 Å². The Morgan fingerprint density at radius 3 is 2.25 bits per heavy atom. The maximum absolute atomic E-state index is 14.5. The molecule has 9 nitrogen and oxygen atoms in total. The van der Waals surface area contributed by atoms with Gasteiger partial charge in [0.25, 0.3) is 5.69 Å². The summed E-state index contributed by atoms with van der Waals surface area (Å²) in [6, 6.07) is 36.2. The predicted octanol–water partition coefficient (Wildman–Crippen LogP) is 8.22. The minimum Gasteiger partial charge on any atom is -0.489 e. The maximum Gasteiger partial charge on any atom is 0.337 e. The van der Waals surface area contributed by atoms with Gasteiger partial charge in [-0.15, -0.1) is 11.8 Å². The Balaban J connectivity index is 1.23. The largest absolute Gasteiger partial charge is 0.489 e. The van der Waals surface area contributed by atoms with E-state index in [4.69, 9.17) is 9.47 Å². The van der Waals surface area contributed by atoms with Crippen LogP contribution in [0.2, 0.25) is 0 Å². The van der Waals surface area contributed by atoms with Gasteiger partial charge in [-0.3, -0.25) is 10.1 Å². The van der Waals surface area contributed by atoms with Crippen molar-refractivity contribution < 1.29 is 27.6 Å². The summed E-state index contributed by atoms with van der Waals surface area (Å²) >= 11 is 1.53. The molecule has 1 unspecified atom stereocenters. The van der Waals surface area contributed by atoms with Gasteiger partial charge in [0, 0.05) is 17.5 Å². The van der Waals surface area contributed by atoms with Crippen molar-refractivity contribution in [1.82, 2.24) is 4.31 Å². The van der Waals surface area contributed by atoms with Gasteiger partial charge < -0.3 is 9.47 Å². The van der Waals surface area contributed by atoms with Crippen molar-refractivity contribution in [2.45, 2.75) is 48.1 Å². The Morgan fingerprint density at radius 1 is 0.843 bits per heavy atom. The van der Waals surface area contributed by atoms with E-state index in [0.29, 0.717) is 36.5 Å². The quantitative estimate of drug-likeness (QED) is 0.0640. The van der Waals surface area contributed by atoms with E-state index in [0.717, 1.165) is 34.4 Å². The number of hydrogen-bond donors (Lipinski definition) is 0. The fourth-order valence-electron chi connectivity index (χ4n) is 6.29. The van der Waals surface area contributed by atoms with E-state index < -0.39 is 32.6 Å². The second-order valence-corrected chi connectivity index (χ2v) is 15.2. The lowest BCUT2D eigenvalue weighted by atomic mass is 10.0. The number of thioether (sulfide) groups is 1. The van der Waals surface area contributed by atoms with Crippen molar-refractivity contribution in [3.63, 3.8) is 0 Å². The average molecular weight is 723 g/mol. The fraction of sp³-hybridized carbons (Fsp3) is 0.225. The number of nitrogens with zero attached hydrogens (tertiary/aromatic N) is 2. The fourth-order valence-corrected chi connectivity index (χ4v) is 9.23. The topological polar surface area (TPSA) is 116 Å². The first-order chi connectivity index (χ1) is 24.7. The summed E-state index contributed by atoms with van der Waals surface area (Å²) in [4.78, 5) is 24.0. The Bertz CT molecular complexity index is 2110. The molecule has 1 heterocycles. The highest BCUT2D eigenvalue weighted by molar-refractivity contribution is 7.99. The minimum atomic E-state index is -4.37. The minimum absolute atomic E-state index is 0.0401. The Kier molecular flexibility index (Phi) is 11.5. The number of sulfonamides is 1. The highest BCUT2D eigenvalue weighted by atomic mass is 32.2. The number of methoxy groups -OCH3 is 1. The summed E-state index contributed by atoms with van der Waals surface area (Å²) in [5.41, 5.74) is 4.98. The molecule has 0 amide bonds. The lowest BCUT2D eigenvalue weighted by molar-refractivity contribution is -0.387. The average Bonchev–Trinajstić information content (AvgIpc) is 3.17. The molecular formula is C40H38N2O7S2. The van der Waals surface area contributed by atoms with Crippen LogP contribution in [-0.2, 0) is 40.6 Å². The highest BCUT2D eigenvalue weighted by Crippen LogP contribution is 2.43. The van der Waals surface area contributed by atoms with Crippen molar-refractivity contribution in [1.29, 1.82) is 0 Å². The number of ether oxygens (including phenoxy) is 2. The van der Waals surface area contributed by atoms with Crippen LogP contribution in [0.1, 0.15) is 50.6 Å². The van der Waals surface area contributed by atoms with Gasteiger partial charge in [-0.1, -0.05) is 91.0 Å². The number of para-hydroxylation sites is 2. The van der Waals surface area contributed by atoms with Crippen LogP contribution in [0, 0.1) is 10.1 Å². The number of nitro benzene ring substituents is 1. The van der Waals surface area contributed by atoms with Gasteiger partial charge in [0.1, 0.15) is 12.4 Å². The van der Waals surface area contributed by atoms with E-state index in [1.54, 1.807) is 18.2 Å². The molecule has 11 heteroatoms. The zero-order valence-electron chi connectivity index (χ0n) is 28.1. The Hall–Kier alpha value is -4.97. The van der Waals surface area contributed by atoms with E-state index >= 15 is 0 Å². The number of esters is 1. The molecule has 0 saturated carbocycles. The van der Waals surface area contributed by atoms with Crippen LogP contribution in [0.3, 0.4) is 0 Å². The van der Waals surface area contributed by atoms with Crippen LogP contribution in [0.15, 0.2) is 131 Å². The molecule has 0 saturated heterocycles. The van der Waals surface area contributed by atoms with Crippen LogP contribution < -0.4 is 4.74 Å². The smallest absolute Gasteiger partial charge is 0.337 e. The van der Waals surface area contributed by atoms with Gasteiger partial charge in [0.05, 0.1) is 23.6 Å². The first-order valence-electron chi connectivity index (χ1n) is 16.7. The summed E-state index contributed by atoms with van der Waals surface area (Å²) in [6.07, 6.45) is 2.69. The molecule has 51 heavy (non-hydrogen) atoms. The number of nitro groups is 1. The molecule has 262 valence electrons. The highest BCUT2D eigenvalue weighted by Gasteiger charge is 2.38. The lowest BCUT2D eigenvalue weighted by Gasteiger charge is -2.35. The summed E-state index contributed by atoms with van der Waals surface area (Å²) in [5, 5.41) is 12.0. The lowest BCUT2D eigenvalue weighted by Crippen LogP contribution is -2.38. The number of hydrogen-bond acceptors (Lipinski definition) is 8.